The molecule has 4 nitrogen and oxygen atoms in total. The van der Waals surface area contributed by atoms with Crippen LogP contribution in [-0.4, -0.2) is 31.2 Å². The molecule has 1 heterocycles. The van der Waals surface area contributed by atoms with Gasteiger partial charge < -0.3 is 15.8 Å². The van der Waals surface area contributed by atoms with E-state index < -0.39 is 0 Å². The quantitative estimate of drug-likeness (QED) is 0.615. The minimum Gasteiger partial charge on any atom is -0.379 e. The highest BCUT2D eigenvalue weighted by Gasteiger charge is 2.33. The summed E-state index contributed by atoms with van der Waals surface area (Å²) in [5.74, 6) is 0.327. The van der Waals surface area contributed by atoms with Crippen LogP contribution in [-0.2, 0) is 9.53 Å². The predicted molar refractivity (Wildman–Crippen MR) is 48.1 cm³/mol. The molecule has 1 atom stereocenters. The van der Waals surface area contributed by atoms with Crippen LogP contribution in [0.15, 0.2) is 0 Å². The molecule has 0 aromatic carbocycles. The lowest BCUT2D eigenvalue weighted by atomic mass is 9.80. The Morgan fingerprint density at radius 1 is 1.46 bits per heavy atom. The number of carbonyl (C=O) groups is 1. The molecule has 4 heteroatoms. The van der Waals surface area contributed by atoms with Gasteiger partial charge in [0, 0.05) is 18.6 Å². The molecule has 13 heavy (non-hydrogen) atoms. The van der Waals surface area contributed by atoms with Crippen molar-refractivity contribution in [2.45, 2.75) is 31.3 Å². The summed E-state index contributed by atoms with van der Waals surface area (Å²) < 4.78 is 5.17. The van der Waals surface area contributed by atoms with Gasteiger partial charge in [0.2, 0.25) is 5.91 Å². The molecule has 1 unspecified atom stereocenters. The van der Waals surface area contributed by atoms with Crippen LogP contribution in [0.3, 0.4) is 0 Å². The summed E-state index contributed by atoms with van der Waals surface area (Å²) in [6.07, 6.45) is 2.64. The lowest BCUT2D eigenvalue weighted by molar-refractivity contribution is -0.128. The second-order valence-electron chi connectivity index (χ2n) is 4.00. The second-order valence-corrected chi connectivity index (χ2v) is 4.00. The first-order chi connectivity index (χ1) is 6.25. The maximum Gasteiger partial charge on any atom is 0.223 e. The Balaban J connectivity index is 1.72. The summed E-state index contributed by atoms with van der Waals surface area (Å²) in [6, 6.07) is 0.486. The molecule has 0 aromatic heterocycles. The number of hydrogen-bond donors (Lipinski definition) is 2. The Bertz CT molecular complexity index is 196. The Labute approximate surface area is 77.8 Å². The number of nitrogens with one attached hydrogen (secondary N) is 1. The molecule has 1 aliphatic carbocycles. The smallest absolute Gasteiger partial charge is 0.223 e. The highest BCUT2D eigenvalue weighted by molar-refractivity contribution is 5.80. The molecule has 1 saturated heterocycles. The molecule has 2 aliphatic rings. The van der Waals surface area contributed by atoms with Crippen molar-refractivity contribution in [3.8, 4) is 0 Å². The van der Waals surface area contributed by atoms with Crippen molar-refractivity contribution >= 4 is 5.91 Å². The molecule has 2 fully saturated rings. The fourth-order valence-electron chi connectivity index (χ4n) is 1.84. The van der Waals surface area contributed by atoms with Crippen molar-refractivity contribution in [1.29, 1.82) is 0 Å². The Hall–Kier alpha value is -0.610. The fraction of sp³-hybridized carbons (Fsp3) is 0.889. The summed E-state index contributed by atoms with van der Waals surface area (Å²) in [6.45, 7) is 1.44. The molecule has 1 aliphatic heterocycles. The molecule has 0 aromatic rings. The first-order valence-corrected chi connectivity index (χ1v) is 4.89. The van der Waals surface area contributed by atoms with Crippen LogP contribution in [0.5, 0.6) is 0 Å². The summed E-state index contributed by atoms with van der Waals surface area (Å²) in [7, 11) is 0. The minimum atomic E-state index is 0.163. The number of rotatable bonds is 2. The van der Waals surface area contributed by atoms with Gasteiger partial charge in [-0.15, -0.1) is 0 Å². The van der Waals surface area contributed by atoms with Gasteiger partial charge in [0.15, 0.2) is 0 Å². The molecule has 74 valence electrons. The van der Waals surface area contributed by atoms with Gasteiger partial charge in [-0.1, -0.05) is 0 Å². The zero-order valence-corrected chi connectivity index (χ0v) is 7.66. The van der Waals surface area contributed by atoms with Gasteiger partial charge in [0.1, 0.15) is 0 Å². The number of nitrogens with two attached hydrogens (primary N) is 1. The molecular formula is C9H16N2O2. The third-order valence-electron chi connectivity index (χ3n) is 2.82. The lowest BCUT2D eigenvalue weighted by Crippen LogP contribution is -2.47. The number of hydrogen-bond acceptors (Lipinski definition) is 3. The summed E-state index contributed by atoms with van der Waals surface area (Å²) >= 11 is 0. The second kappa shape index (κ2) is 3.64. The van der Waals surface area contributed by atoms with E-state index in [-0.39, 0.29) is 23.9 Å². The van der Waals surface area contributed by atoms with Gasteiger partial charge in [0.25, 0.3) is 0 Å². The molecular weight excluding hydrogens is 168 g/mol. The van der Waals surface area contributed by atoms with Crippen LogP contribution >= 0.6 is 0 Å². The predicted octanol–water partition coefficient (Wildman–Crippen LogP) is -0.371. The third kappa shape index (κ3) is 2.00. The minimum absolute atomic E-state index is 0.163. The van der Waals surface area contributed by atoms with Gasteiger partial charge in [-0.25, -0.2) is 0 Å². The Morgan fingerprint density at radius 3 is 2.77 bits per heavy atom. The molecule has 3 N–H and O–H groups in total. The average Bonchev–Trinajstić information content (AvgIpc) is 2.51. The van der Waals surface area contributed by atoms with E-state index in [2.05, 4.69) is 5.32 Å². The monoisotopic (exact) mass is 184 g/mol. The molecule has 0 radical (unpaired) electrons. The zero-order valence-electron chi connectivity index (χ0n) is 7.66. The third-order valence-corrected chi connectivity index (χ3v) is 2.82. The molecule has 1 saturated carbocycles. The first-order valence-electron chi connectivity index (χ1n) is 4.89. The van der Waals surface area contributed by atoms with Gasteiger partial charge in [0.05, 0.1) is 12.6 Å². The van der Waals surface area contributed by atoms with Gasteiger partial charge in [-0.3, -0.25) is 4.79 Å². The largest absolute Gasteiger partial charge is 0.379 e. The average molecular weight is 184 g/mol. The normalized spacial score (nSPS) is 38.4. The standard InChI is InChI=1S/C9H16N2O2/c10-7-3-6(4-7)9(12)11-8-1-2-13-5-8/h6-8H,1-5,10H2,(H,11,12). The van der Waals surface area contributed by atoms with Crippen LogP contribution < -0.4 is 11.1 Å². The van der Waals surface area contributed by atoms with E-state index in [0.29, 0.717) is 6.61 Å². The van der Waals surface area contributed by atoms with Crippen molar-refractivity contribution < 1.29 is 9.53 Å². The highest BCUT2D eigenvalue weighted by Crippen LogP contribution is 2.25. The molecule has 2 rings (SSSR count). The van der Waals surface area contributed by atoms with Crippen LogP contribution in [0, 0.1) is 5.92 Å². The van der Waals surface area contributed by atoms with E-state index in [1.165, 1.54) is 0 Å². The first kappa shape index (κ1) is 8.97. The molecule has 1 amide bonds. The van der Waals surface area contributed by atoms with Gasteiger partial charge in [-0.2, -0.15) is 0 Å². The topological polar surface area (TPSA) is 64.4 Å². The van der Waals surface area contributed by atoms with E-state index in [0.717, 1.165) is 25.9 Å². The molecule has 0 spiro atoms. The fourth-order valence-corrected chi connectivity index (χ4v) is 1.84. The van der Waals surface area contributed by atoms with Crippen molar-refractivity contribution in [1.82, 2.24) is 5.32 Å². The van der Waals surface area contributed by atoms with Crippen molar-refractivity contribution in [3.63, 3.8) is 0 Å². The number of carbonyl (C=O) groups excluding carboxylic acids is 1. The van der Waals surface area contributed by atoms with Crippen molar-refractivity contribution in [2.24, 2.45) is 11.7 Å². The maximum atomic E-state index is 11.5. The van der Waals surface area contributed by atoms with Crippen LogP contribution in [0.1, 0.15) is 19.3 Å². The Morgan fingerprint density at radius 2 is 2.23 bits per heavy atom. The van der Waals surface area contributed by atoms with Crippen molar-refractivity contribution in [2.75, 3.05) is 13.2 Å². The van der Waals surface area contributed by atoms with E-state index in [4.69, 9.17) is 10.5 Å². The number of amides is 1. The number of ether oxygens (including phenoxy) is 1. The van der Waals surface area contributed by atoms with Crippen LogP contribution in [0.4, 0.5) is 0 Å². The summed E-state index contributed by atoms with van der Waals surface area (Å²) in [5.41, 5.74) is 5.61. The van der Waals surface area contributed by atoms with Gasteiger partial charge in [-0.05, 0) is 19.3 Å². The van der Waals surface area contributed by atoms with Gasteiger partial charge >= 0.3 is 0 Å². The Kier molecular flexibility index (Phi) is 2.51. The zero-order chi connectivity index (χ0) is 9.26. The highest BCUT2D eigenvalue weighted by atomic mass is 16.5. The van der Waals surface area contributed by atoms with Crippen LogP contribution in [0.25, 0.3) is 0 Å². The summed E-state index contributed by atoms with van der Waals surface area (Å²) in [4.78, 5) is 11.5. The summed E-state index contributed by atoms with van der Waals surface area (Å²) in [5, 5.41) is 2.98. The van der Waals surface area contributed by atoms with E-state index in [9.17, 15) is 4.79 Å². The SMILES string of the molecule is NC1CC(C(=O)NC2CCOC2)C1. The van der Waals surface area contributed by atoms with Crippen molar-refractivity contribution in [3.05, 3.63) is 0 Å². The van der Waals surface area contributed by atoms with E-state index in [1.807, 2.05) is 0 Å². The maximum absolute atomic E-state index is 11.5. The molecule has 0 bridgehead atoms. The van der Waals surface area contributed by atoms with E-state index >= 15 is 0 Å². The van der Waals surface area contributed by atoms with E-state index in [1.54, 1.807) is 0 Å². The lowest BCUT2D eigenvalue weighted by Gasteiger charge is -2.31. The van der Waals surface area contributed by atoms with Crippen LogP contribution in [0.2, 0.25) is 0 Å².